The van der Waals surface area contributed by atoms with Crippen LogP contribution in [0.15, 0.2) is 35.0 Å². The molecule has 0 saturated carbocycles. The number of nitrogens with zero attached hydrogens (tertiary/aromatic N) is 2. The molecule has 0 spiro atoms. The molecule has 0 saturated heterocycles. The second kappa shape index (κ2) is 3.91. The summed E-state index contributed by atoms with van der Waals surface area (Å²) in [5, 5.41) is 12.3. The van der Waals surface area contributed by atoms with Gasteiger partial charge in [-0.2, -0.15) is 0 Å². The van der Waals surface area contributed by atoms with E-state index < -0.39 is 5.97 Å². The van der Waals surface area contributed by atoms with E-state index in [4.69, 9.17) is 9.63 Å². The normalized spacial score (nSPS) is 10.1. The second-order valence-corrected chi connectivity index (χ2v) is 2.96. The largest absolute Gasteiger partial charge is 0.481 e. The highest BCUT2D eigenvalue weighted by Gasteiger charge is 2.09. The summed E-state index contributed by atoms with van der Waals surface area (Å²) in [5.41, 5.74) is 1.21. The van der Waals surface area contributed by atoms with Crippen molar-refractivity contribution < 1.29 is 14.4 Å². The van der Waals surface area contributed by atoms with Crippen molar-refractivity contribution in [3.8, 4) is 11.4 Å². The van der Waals surface area contributed by atoms with E-state index in [1.165, 1.54) is 0 Å². The van der Waals surface area contributed by atoms with Crippen LogP contribution < -0.4 is 0 Å². The van der Waals surface area contributed by atoms with E-state index in [0.717, 1.165) is 0 Å². The molecule has 0 fully saturated rings. The molecular formula is C10H8N2O3. The zero-order valence-corrected chi connectivity index (χ0v) is 7.75. The summed E-state index contributed by atoms with van der Waals surface area (Å²) in [6.45, 7) is 0. The van der Waals surface area contributed by atoms with Crippen LogP contribution in [0.2, 0.25) is 0 Å². The van der Waals surface area contributed by atoms with Gasteiger partial charge in [-0.05, 0) is 12.1 Å². The predicted molar refractivity (Wildman–Crippen MR) is 51.1 cm³/mol. The fourth-order valence-corrected chi connectivity index (χ4v) is 1.18. The maximum atomic E-state index is 10.4. The highest BCUT2D eigenvalue weighted by atomic mass is 16.5. The first-order valence-corrected chi connectivity index (χ1v) is 4.34. The van der Waals surface area contributed by atoms with Gasteiger partial charge in [-0.25, -0.2) is 0 Å². The van der Waals surface area contributed by atoms with Gasteiger partial charge < -0.3 is 9.63 Å². The van der Waals surface area contributed by atoms with Crippen molar-refractivity contribution in [3.63, 3.8) is 0 Å². The summed E-state index contributed by atoms with van der Waals surface area (Å²) >= 11 is 0. The topological polar surface area (TPSA) is 76.2 Å². The van der Waals surface area contributed by atoms with E-state index >= 15 is 0 Å². The Morgan fingerprint density at radius 2 is 2.27 bits per heavy atom. The third kappa shape index (κ3) is 2.19. The standard InChI is InChI=1S/C10H8N2O3/c13-10(14)6-7-5-9(12-15-7)8-3-1-2-4-11-8/h1-5H,6H2,(H,13,14). The van der Waals surface area contributed by atoms with E-state index in [2.05, 4.69) is 10.1 Å². The number of hydrogen-bond acceptors (Lipinski definition) is 4. The molecule has 1 N–H and O–H groups in total. The van der Waals surface area contributed by atoms with Crippen LogP contribution in [0.1, 0.15) is 5.76 Å². The van der Waals surface area contributed by atoms with Crippen molar-refractivity contribution in [1.82, 2.24) is 10.1 Å². The molecule has 0 aliphatic carbocycles. The number of pyridine rings is 1. The van der Waals surface area contributed by atoms with Crippen LogP contribution in [0.4, 0.5) is 0 Å². The quantitative estimate of drug-likeness (QED) is 0.816. The summed E-state index contributed by atoms with van der Waals surface area (Å²) in [6, 6.07) is 6.98. The molecule has 5 nitrogen and oxygen atoms in total. The Bertz CT molecular complexity index is 465. The monoisotopic (exact) mass is 204 g/mol. The van der Waals surface area contributed by atoms with Crippen molar-refractivity contribution in [2.24, 2.45) is 0 Å². The molecule has 0 unspecified atom stereocenters. The van der Waals surface area contributed by atoms with E-state index in [1.54, 1.807) is 24.4 Å². The average Bonchev–Trinajstić information content (AvgIpc) is 2.67. The lowest BCUT2D eigenvalue weighted by atomic mass is 10.2. The summed E-state index contributed by atoms with van der Waals surface area (Å²) in [6.07, 6.45) is 1.47. The molecule has 2 rings (SSSR count). The molecule has 2 aromatic heterocycles. The molecule has 0 atom stereocenters. The van der Waals surface area contributed by atoms with Gasteiger partial charge in [0.15, 0.2) is 0 Å². The molecule has 2 aromatic rings. The zero-order chi connectivity index (χ0) is 10.7. The molecule has 0 aliphatic rings. The highest BCUT2D eigenvalue weighted by Crippen LogP contribution is 2.16. The van der Waals surface area contributed by atoms with Crippen LogP contribution in [-0.2, 0) is 11.2 Å². The minimum Gasteiger partial charge on any atom is -0.481 e. The fraction of sp³-hybridized carbons (Fsp3) is 0.100. The highest BCUT2D eigenvalue weighted by molar-refractivity contribution is 5.69. The van der Waals surface area contributed by atoms with Crippen LogP contribution in [0.3, 0.4) is 0 Å². The molecular weight excluding hydrogens is 196 g/mol. The van der Waals surface area contributed by atoms with Crippen molar-refractivity contribution in [2.45, 2.75) is 6.42 Å². The lowest BCUT2D eigenvalue weighted by Crippen LogP contribution is -1.97. The summed E-state index contributed by atoms with van der Waals surface area (Å²) in [4.78, 5) is 14.5. The Kier molecular flexibility index (Phi) is 2.45. The SMILES string of the molecule is O=C(O)Cc1cc(-c2ccccn2)no1. The Hall–Kier alpha value is -2.17. The van der Waals surface area contributed by atoms with Gasteiger partial charge in [0.2, 0.25) is 0 Å². The second-order valence-electron chi connectivity index (χ2n) is 2.96. The molecule has 15 heavy (non-hydrogen) atoms. The van der Waals surface area contributed by atoms with Gasteiger partial charge in [0.05, 0.1) is 5.69 Å². The first-order chi connectivity index (χ1) is 7.25. The summed E-state index contributed by atoms with van der Waals surface area (Å²) in [7, 11) is 0. The Morgan fingerprint density at radius 3 is 2.93 bits per heavy atom. The van der Waals surface area contributed by atoms with Crippen molar-refractivity contribution in [1.29, 1.82) is 0 Å². The molecule has 2 heterocycles. The number of hydrogen-bond donors (Lipinski definition) is 1. The van der Waals surface area contributed by atoms with Crippen molar-refractivity contribution in [3.05, 3.63) is 36.2 Å². The van der Waals surface area contributed by atoms with E-state index in [1.807, 2.05) is 6.07 Å². The van der Waals surface area contributed by atoms with Gasteiger partial charge in [-0.1, -0.05) is 11.2 Å². The predicted octanol–water partition coefficient (Wildman–Crippen LogP) is 1.36. The number of carbonyl (C=O) groups is 1. The molecule has 76 valence electrons. The number of carboxylic acids is 1. The Morgan fingerprint density at radius 1 is 1.40 bits per heavy atom. The lowest BCUT2D eigenvalue weighted by Gasteiger charge is -1.90. The minimum absolute atomic E-state index is 0.167. The van der Waals surface area contributed by atoms with Gasteiger partial charge in [0.1, 0.15) is 17.9 Å². The van der Waals surface area contributed by atoms with Gasteiger partial charge in [-0.15, -0.1) is 0 Å². The first-order valence-electron chi connectivity index (χ1n) is 4.34. The van der Waals surface area contributed by atoms with Crippen molar-refractivity contribution >= 4 is 5.97 Å². The zero-order valence-electron chi connectivity index (χ0n) is 7.75. The van der Waals surface area contributed by atoms with Crippen LogP contribution in [0, 0.1) is 0 Å². The van der Waals surface area contributed by atoms with Crippen LogP contribution >= 0.6 is 0 Å². The summed E-state index contributed by atoms with van der Waals surface area (Å²) < 4.78 is 4.86. The molecule has 5 heteroatoms. The fourth-order valence-electron chi connectivity index (χ4n) is 1.18. The maximum absolute atomic E-state index is 10.4. The summed E-state index contributed by atoms with van der Waals surface area (Å²) in [5.74, 6) is -0.623. The molecule has 0 amide bonds. The Labute approximate surface area is 85.4 Å². The van der Waals surface area contributed by atoms with Gasteiger partial charge in [-0.3, -0.25) is 9.78 Å². The molecule has 0 aromatic carbocycles. The number of aromatic nitrogens is 2. The maximum Gasteiger partial charge on any atom is 0.311 e. The number of aliphatic carboxylic acids is 1. The molecule has 0 aliphatic heterocycles. The number of carboxylic acid groups (broad SMARTS) is 1. The van der Waals surface area contributed by atoms with Gasteiger partial charge in [0.25, 0.3) is 0 Å². The van der Waals surface area contributed by atoms with E-state index in [-0.39, 0.29) is 6.42 Å². The van der Waals surface area contributed by atoms with Crippen LogP contribution in [0.25, 0.3) is 11.4 Å². The van der Waals surface area contributed by atoms with E-state index in [9.17, 15) is 4.79 Å². The van der Waals surface area contributed by atoms with Crippen molar-refractivity contribution in [2.75, 3.05) is 0 Å². The first kappa shape index (κ1) is 9.39. The van der Waals surface area contributed by atoms with Gasteiger partial charge in [0, 0.05) is 12.3 Å². The minimum atomic E-state index is -0.946. The third-order valence-electron chi connectivity index (χ3n) is 1.81. The lowest BCUT2D eigenvalue weighted by molar-refractivity contribution is -0.136. The Balaban J connectivity index is 2.24. The smallest absolute Gasteiger partial charge is 0.311 e. The molecule has 0 bridgehead atoms. The van der Waals surface area contributed by atoms with Gasteiger partial charge >= 0.3 is 5.97 Å². The third-order valence-corrected chi connectivity index (χ3v) is 1.81. The average molecular weight is 204 g/mol. The number of rotatable bonds is 3. The molecule has 0 radical (unpaired) electrons. The van der Waals surface area contributed by atoms with Crippen LogP contribution in [-0.4, -0.2) is 21.2 Å². The van der Waals surface area contributed by atoms with E-state index in [0.29, 0.717) is 17.1 Å². The van der Waals surface area contributed by atoms with Crippen LogP contribution in [0.5, 0.6) is 0 Å².